The van der Waals surface area contributed by atoms with E-state index in [1.54, 1.807) is 16.6 Å². The van der Waals surface area contributed by atoms with Crippen molar-refractivity contribution in [2.24, 2.45) is 0 Å². The molecule has 3 unspecified atom stereocenters. The minimum absolute atomic E-state index is 0.0788. The zero-order valence-corrected chi connectivity index (χ0v) is 20.8. The van der Waals surface area contributed by atoms with Crippen molar-refractivity contribution in [3.05, 3.63) is 89.5 Å². The summed E-state index contributed by atoms with van der Waals surface area (Å²) in [6, 6.07) is 22.4. The number of nitrogens with one attached hydrogen (secondary N) is 1. The van der Waals surface area contributed by atoms with Crippen LogP contribution in [0.1, 0.15) is 46.3 Å². The van der Waals surface area contributed by atoms with Gasteiger partial charge in [-0.05, 0) is 47.5 Å². The number of carbonyl (C=O) groups excluding carboxylic acids is 1. The molecule has 190 valence electrons. The van der Waals surface area contributed by atoms with Gasteiger partial charge in [0.15, 0.2) is 6.29 Å². The predicted molar refractivity (Wildman–Crippen MR) is 141 cm³/mol. The molecule has 1 fully saturated rings. The SMILES string of the molecule is Nc1c(C2CCN(Cl)C2(CCOc2ccccc2)CNC(CO)c2ccccc2)ccc(C=O)c1O. The lowest BCUT2D eigenvalue weighted by Crippen LogP contribution is -2.52. The average Bonchev–Trinajstić information content (AvgIpc) is 3.23. The molecule has 36 heavy (non-hydrogen) atoms. The Labute approximate surface area is 216 Å². The second-order valence-electron chi connectivity index (χ2n) is 9.09. The first-order valence-electron chi connectivity index (χ1n) is 12.1. The van der Waals surface area contributed by atoms with Crippen molar-refractivity contribution in [1.82, 2.24) is 9.74 Å². The number of aliphatic hydroxyl groups is 1. The molecule has 3 aromatic carbocycles. The molecule has 5 N–H and O–H groups in total. The molecular weight excluding hydrogens is 478 g/mol. The number of rotatable bonds is 11. The summed E-state index contributed by atoms with van der Waals surface area (Å²) in [5, 5.41) is 24.2. The molecule has 4 rings (SSSR count). The van der Waals surface area contributed by atoms with Crippen LogP contribution in [0.2, 0.25) is 0 Å². The molecule has 3 atom stereocenters. The fraction of sp³-hybridized carbons (Fsp3) is 0.321. The molecule has 1 saturated heterocycles. The van der Waals surface area contributed by atoms with Crippen LogP contribution in [0.3, 0.4) is 0 Å². The Morgan fingerprint density at radius 3 is 2.50 bits per heavy atom. The maximum Gasteiger partial charge on any atom is 0.153 e. The van der Waals surface area contributed by atoms with Gasteiger partial charge in [0.1, 0.15) is 11.5 Å². The zero-order chi connectivity index (χ0) is 25.5. The van der Waals surface area contributed by atoms with E-state index in [-0.39, 0.29) is 35.6 Å². The van der Waals surface area contributed by atoms with Gasteiger partial charge in [-0.25, -0.2) is 4.42 Å². The number of phenolic OH excluding ortho intramolecular Hbond substituents is 1. The molecule has 0 bridgehead atoms. The van der Waals surface area contributed by atoms with E-state index in [0.717, 1.165) is 16.9 Å². The Kier molecular flexibility index (Phi) is 8.48. The molecule has 7 nitrogen and oxygen atoms in total. The number of benzene rings is 3. The van der Waals surface area contributed by atoms with Crippen LogP contribution in [-0.4, -0.2) is 52.8 Å². The summed E-state index contributed by atoms with van der Waals surface area (Å²) < 4.78 is 7.84. The Balaban J connectivity index is 1.65. The van der Waals surface area contributed by atoms with Gasteiger partial charge in [0.25, 0.3) is 0 Å². The van der Waals surface area contributed by atoms with E-state index >= 15 is 0 Å². The first-order chi connectivity index (χ1) is 17.5. The van der Waals surface area contributed by atoms with Crippen molar-refractivity contribution in [3.63, 3.8) is 0 Å². The first-order valence-corrected chi connectivity index (χ1v) is 12.4. The Bertz CT molecular complexity index is 1150. The predicted octanol–water partition coefficient (Wildman–Crippen LogP) is 4.26. The van der Waals surface area contributed by atoms with Crippen LogP contribution in [0, 0.1) is 0 Å². The fourth-order valence-electron chi connectivity index (χ4n) is 5.12. The van der Waals surface area contributed by atoms with Gasteiger partial charge in [0.2, 0.25) is 0 Å². The largest absolute Gasteiger partial charge is 0.505 e. The number of anilines is 1. The summed E-state index contributed by atoms with van der Waals surface area (Å²) in [4.78, 5) is 11.3. The molecule has 0 spiro atoms. The molecule has 0 aromatic heterocycles. The summed E-state index contributed by atoms with van der Waals surface area (Å²) >= 11 is 6.90. The number of phenols is 1. The third-order valence-corrected chi connectivity index (χ3v) is 7.62. The normalized spacial score (nSPS) is 20.8. The molecule has 0 radical (unpaired) electrons. The number of hydrogen-bond acceptors (Lipinski definition) is 7. The maximum atomic E-state index is 11.3. The minimum Gasteiger partial charge on any atom is -0.505 e. The van der Waals surface area contributed by atoms with Gasteiger partial charge >= 0.3 is 0 Å². The average molecular weight is 510 g/mol. The van der Waals surface area contributed by atoms with Gasteiger partial charge in [-0.1, -0.05) is 54.6 Å². The van der Waals surface area contributed by atoms with Crippen molar-refractivity contribution in [2.45, 2.75) is 30.3 Å². The van der Waals surface area contributed by atoms with E-state index in [2.05, 4.69) is 5.32 Å². The monoisotopic (exact) mass is 509 g/mol. The van der Waals surface area contributed by atoms with Crippen LogP contribution in [0.5, 0.6) is 11.5 Å². The minimum atomic E-state index is -0.637. The van der Waals surface area contributed by atoms with Gasteiger partial charge in [-0.15, -0.1) is 0 Å². The van der Waals surface area contributed by atoms with Crippen LogP contribution in [0.25, 0.3) is 0 Å². The maximum absolute atomic E-state index is 11.3. The quantitative estimate of drug-likeness (QED) is 0.132. The molecule has 1 aliphatic rings. The lowest BCUT2D eigenvalue weighted by atomic mass is 9.77. The number of nitrogens with two attached hydrogens (primary N) is 1. The lowest BCUT2D eigenvalue weighted by Gasteiger charge is -2.41. The first kappa shape index (κ1) is 26.0. The summed E-state index contributed by atoms with van der Waals surface area (Å²) in [6.45, 7) is 1.36. The Hall–Kier alpha value is -3.10. The van der Waals surface area contributed by atoms with Gasteiger partial charge < -0.3 is 26.0 Å². The number of carbonyl (C=O) groups is 1. The van der Waals surface area contributed by atoms with Crippen molar-refractivity contribution in [3.8, 4) is 11.5 Å². The molecule has 1 heterocycles. The number of nitrogens with zero attached hydrogens (tertiary/aromatic N) is 1. The van der Waals surface area contributed by atoms with E-state index in [1.165, 1.54) is 0 Å². The zero-order valence-electron chi connectivity index (χ0n) is 20.0. The fourth-order valence-corrected chi connectivity index (χ4v) is 5.48. The number of aldehydes is 1. The Morgan fingerprint density at radius 1 is 1.14 bits per heavy atom. The smallest absolute Gasteiger partial charge is 0.153 e. The number of nitrogen functional groups attached to an aromatic ring is 1. The van der Waals surface area contributed by atoms with E-state index < -0.39 is 5.54 Å². The van der Waals surface area contributed by atoms with Gasteiger partial charge in [0, 0.05) is 25.4 Å². The number of halogens is 1. The molecule has 0 aliphatic carbocycles. The van der Waals surface area contributed by atoms with E-state index in [4.69, 9.17) is 22.2 Å². The summed E-state index contributed by atoms with van der Waals surface area (Å²) in [5.74, 6) is 0.403. The van der Waals surface area contributed by atoms with Crippen molar-refractivity contribution >= 4 is 23.8 Å². The van der Waals surface area contributed by atoms with Crippen LogP contribution >= 0.6 is 11.8 Å². The summed E-state index contributed by atoms with van der Waals surface area (Å²) in [6.07, 6.45) is 1.85. The number of hydrogen-bond donors (Lipinski definition) is 4. The van der Waals surface area contributed by atoms with Crippen molar-refractivity contribution in [1.29, 1.82) is 0 Å². The number of ether oxygens (including phenoxy) is 1. The highest BCUT2D eigenvalue weighted by atomic mass is 35.5. The highest BCUT2D eigenvalue weighted by Gasteiger charge is 2.49. The van der Waals surface area contributed by atoms with Crippen LogP contribution in [0.4, 0.5) is 5.69 Å². The highest BCUT2D eigenvalue weighted by Crippen LogP contribution is 2.48. The Morgan fingerprint density at radius 2 is 1.83 bits per heavy atom. The highest BCUT2D eigenvalue weighted by molar-refractivity contribution is 6.14. The number of aromatic hydroxyl groups is 1. The van der Waals surface area contributed by atoms with Crippen LogP contribution < -0.4 is 15.8 Å². The molecule has 3 aromatic rings. The van der Waals surface area contributed by atoms with Crippen LogP contribution in [0.15, 0.2) is 72.8 Å². The van der Waals surface area contributed by atoms with E-state index in [0.29, 0.717) is 38.8 Å². The molecule has 0 amide bonds. The van der Waals surface area contributed by atoms with Crippen LogP contribution in [-0.2, 0) is 0 Å². The van der Waals surface area contributed by atoms with Gasteiger partial charge in [-0.2, -0.15) is 0 Å². The standard InChI is InChI=1S/C28H32ClN3O4/c29-32-15-13-24(23-12-11-21(17-33)27(35)26(23)30)28(32,14-16-36-22-9-5-2-6-10-22)19-31-25(18-34)20-7-3-1-4-8-20/h1-12,17,24-25,31,34-35H,13-16,18-19,30H2. The number of para-hydroxylation sites is 1. The summed E-state index contributed by atoms with van der Waals surface area (Å²) in [5.41, 5.74) is 7.75. The molecular formula is C28H32ClN3O4. The lowest BCUT2D eigenvalue weighted by molar-refractivity contribution is 0.112. The summed E-state index contributed by atoms with van der Waals surface area (Å²) in [7, 11) is 0. The second-order valence-corrected chi connectivity index (χ2v) is 9.50. The van der Waals surface area contributed by atoms with E-state index in [9.17, 15) is 15.0 Å². The third-order valence-electron chi connectivity index (χ3n) is 7.12. The van der Waals surface area contributed by atoms with Crippen molar-refractivity contribution < 1.29 is 19.7 Å². The van der Waals surface area contributed by atoms with E-state index in [1.807, 2.05) is 60.7 Å². The molecule has 1 aliphatic heterocycles. The molecule has 0 saturated carbocycles. The second kappa shape index (κ2) is 11.8. The number of aliphatic hydroxyl groups excluding tert-OH is 1. The van der Waals surface area contributed by atoms with Gasteiger partial charge in [-0.3, -0.25) is 4.79 Å². The third kappa shape index (κ3) is 5.34. The van der Waals surface area contributed by atoms with Gasteiger partial charge in [0.05, 0.1) is 36.0 Å². The van der Waals surface area contributed by atoms with Crippen molar-refractivity contribution in [2.75, 3.05) is 32.0 Å². The topological polar surface area (TPSA) is 108 Å². The molecule has 8 heteroatoms.